The van der Waals surface area contributed by atoms with Crippen LogP contribution >= 0.6 is 0 Å². The number of aromatic nitrogens is 1. The molecule has 4 nitrogen and oxygen atoms in total. The number of nitrogens with zero attached hydrogens (tertiary/aromatic N) is 1. The van der Waals surface area contributed by atoms with E-state index in [1.807, 2.05) is 48.8 Å². The van der Waals surface area contributed by atoms with E-state index < -0.39 is 0 Å². The second-order valence-corrected chi connectivity index (χ2v) is 6.14. The van der Waals surface area contributed by atoms with Crippen LogP contribution in [0.2, 0.25) is 0 Å². The normalized spacial score (nSPS) is 13.6. The number of fused-ring (bicyclic) bond motifs is 1. The van der Waals surface area contributed by atoms with Gasteiger partial charge >= 0.3 is 0 Å². The number of rotatable bonds is 5. The van der Waals surface area contributed by atoms with Crippen LogP contribution in [-0.2, 0) is 6.42 Å². The molecule has 0 spiro atoms. The predicted molar refractivity (Wildman–Crippen MR) is 95.8 cm³/mol. The molecule has 0 bridgehead atoms. The Morgan fingerprint density at radius 2 is 1.76 bits per heavy atom. The summed E-state index contributed by atoms with van der Waals surface area (Å²) in [6.07, 6.45) is 4.45. The van der Waals surface area contributed by atoms with Crippen LogP contribution in [-0.4, -0.2) is 23.5 Å². The van der Waals surface area contributed by atoms with Crippen LogP contribution in [0.5, 0.6) is 11.5 Å². The SMILES string of the molecule is OC[C@H](Cc1cncc(-c2ccc3c(c2)OCO3)c1)c1ccccc1. The van der Waals surface area contributed by atoms with Crippen molar-refractivity contribution < 1.29 is 14.6 Å². The van der Waals surface area contributed by atoms with Crippen molar-refractivity contribution >= 4 is 0 Å². The fourth-order valence-corrected chi connectivity index (χ4v) is 3.13. The molecule has 2 heterocycles. The van der Waals surface area contributed by atoms with Gasteiger partial charge in [-0.25, -0.2) is 0 Å². The van der Waals surface area contributed by atoms with Crippen molar-refractivity contribution in [2.45, 2.75) is 12.3 Å². The summed E-state index contributed by atoms with van der Waals surface area (Å²) in [6.45, 7) is 0.380. The van der Waals surface area contributed by atoms with Crippen molar-refractivity contribution in [3.8, 4) is 22.6 Å². The van der Waals surface area contributed by atoms with Crippen LogP contribution < -0.4 is 9.47 Å². The minimum Gasteiger partial charge on any atom is -0.454 e. The molecule has 0 aliphatic carbocycles. The Balaban J connectivity index is 1.59. The van der Waals surface area contributed by atoms with E-state index in [4.69, 9.17) is 9.47 Å². The van der Waals surface area contributed by atoms with E-state index in [1.54, 1.807) is 0 Å². The number of hydrogen-bond donors (Lipinski definition) is 1. The van der Waals surface area contributed by atoms with Gasteiger partial charge in [-0.15, -0.1) is 0 Å². The second-order valence-electron chi connectivity index (χ2n) is 6.14. The lowest BCUT2D eigenvalue weighted by Crippen LogP contribution is -2.08. The minimum absolute atomic E-state index is 0.0648. The predicted octanol–water partition coefficient (Wildman–Crippen LogP) is 3.80. The van der Waals surface area contributed by atoms with Crippen molar-refractivity contribution in [3.05, 3.63) is 78.1 Å². The first-order chi connectivity index (χ1) is 12.3. The van der Waals surface area contributed by atoms with Gasteiger partial charge in [-0.3, -0.25) is 4.98 Å². The topological polar surface area (TPSA) is 51.6 Å². The molecule has 4 heteroatoms. The molecule has 4 rings (SSSR count). The van der Waals surface area contributed by atoms with Gasteiger partial charge in [0.2, 0.25) is 6.79 Å². The lowest BCUT2D eigenvalue weighted by atomic mass is 9.92. The molecule has 0 fully saturated rings. The van der Waals surface area contributed by atoms with Gasteiger partial charge in [0, 0.05) is 23.9 Å². The summed E-state index contributed by atoms with van der Waals surface area (Å²) in [5.41, 5.74) is 4.30. The maximum absolute atomic E-state index is 9.78. The molecule has 1 aliphatic rings. The van der Waals surface area contributed by atoms with Crippen molar-refractivity contribution in [1.29, 1.82) is 0 Å². The molecule has 0 saturated heterocycles. The van der Waals surface area contributed by atoms with Crippen LogP contribution in [0, 0.1) is 0 Å². The Hall–Kier alpha value is -2.85. The molecule has 0 unspecified atom stereocenters. The molecule has 1 N–H and O–H groups in total. The van der Waals surface area contributed by atoms with Crippen molar-refractivity contribution in [3.63, 3.8) is 0 Å². The lowest BCUT2D eigenvalue weighted by molar-refractivity contribution is 0.174. The fourth-order valence-electron chi connectivity index (χ4n) is 3.13. The highest BCUT2D eigenvalue weighted by Gasteiger charge is 2.15. The van der Waals surface area contributed by atoms with E-state index in [0.717, 1.165) is 40.2 Å². The third-order valence-electron chi connectivity index (χ3n) is 4.47. The molecular weight excluding hydrogens is 314 g/mol. The highest BCUT2D eigenvalue weighted by atomic mass is 16.7. The summed E-state index contributed by atoms with van der Waals surface area (Å²) in [6, 6.07) is 18.1. The van der Waals surface area contributed by atoms with Crippen molar-refractivity contribution in [1.82, 2.24) is 4.98 Å². The van der Waals surface area contributed by atoms with Gasteiger partial charge < -0.3 is 14.6 Å². The zero-order valence-electron chi connectivity index (χ0n) is 13.8. The number of hydrogen-bond acceptors (Lipinski definition) is 4. The molecule has 1 aliphatic heterocycles. The van der Waals surface area contributed by atoms with Gasteiger partial charge in [0.25, 0.3) is 0 Å². The molecule has 2 aromatic carbocycles. The first kappa shape index (κ1) is 15.7. The summed E-state index contributed by atoms with van der Waals surface area (Å²) >= 11 is 0. The standard InChI is InChI=1S/C21H19NO3/c23-13-19(16-4-2-1-3-5-16)9-15-8-18(12-22-11-15)17-6-7-20-21(10-17)25-14-24-20/h1-8,10-12,19,23H,9,13-14H2/t19-/m0/s1. The Morgan fingerprint density at radius 3 is 2.60 bits per heavy atom. The molecule has 3 aromatic rings. The van der Waals surface area contributed by atoms with Crippen LogP contribution in [0.4, 0.5) is 0 Å². The van der Waals surface area contributed by atoms with Gasteiger partial charge in [-0.05, 0) is 41.3 Å². The van der Waals surface area contributed by atoms with E-state index in [2.05, 4.69) is 23.2 Å². The zero-order chi connectivity index (χ0) is 17.1. The number of aliphatic hydroxyl groups excluding tert-OH is 1. The Bertz CT molecular complexity index is 864. The average molecular weight is 333 g/mol. The van der Waals surface area contributed by atoms with E-state index in [9.17, 15) is 5.11 Å². The van der Waals surface area contributed by atoms with Gasteiger partial charge in [-0.2, -0.15) is 0 Å². The molecular formula is C21H19NO3. The average Bonchev–Trinajstić information content (AvgIpc) is 3.15. The lowest BCUT2D eigenvalue weighted by Gasteiger charge is -2.15. The van der Waals surface area contributed by atoms with Gasteiger partial charge in [0.05, 0.1) is 6.61 Å². The van der Waals surface area contributed by atoms with Crippen molar-refractivity contribution in [2.24, 2.45) is 0 Å². The van der Waals surface area contributed by atoms with E-state index in [-0.39, 0.29) is 19.3 Å². The van der Waals surface area contributed by atoms with Gasteiger partial charge in [0.1, 0.15) is 0 Å². The monoisotopic (exact) mass is 333 g/mol. The Morgan fingerprint density at radius 1 is 0.920 bits per heavy atom. The highest BCUT2D eigenvalue weighted by Crippen LogP contribution is 2.36. The highest BCUT2D eigenvalue weighted by molar-refractivity contribution is 5.67. The fraction of sp³-hybridized carbons (Fsp3) is 0.190. The first-order valence-electron chi connectivity index (χ1n) is 8.33. The Labute approximate surface area is 146 Å². The van der Waals surface area contributed by atoms with Crippen LogP contribution in [0.15, 0.2) is 67.0 Å². The maximum atomic E-state index is 9.78. The molecule has 0 amide bonds. The second kappa shape index (κ2) is 6.95. The van der Waals surface area contributed by atoms with E-state index in [0.29, 0.717) is 0 Å². The molecule has 0 saturated carbocycles. The molecule has 126 valence electrons. The Kier molecular flexibility index (Phi) is 4.36. The van der Waals surface area contributed by atoms with Crippen LogP contribution in [0.1, 0.15) is 17.0 Å². The van der Waals surface area contributed by atoms with E-state index in [1.165, 1.54) is 0 Å². The van der Waals surface area contributed by atoms with E-state index >= 15 is 0 Å². The minimum atomic E-state index is 0.0648. The van der Waals surface area contributed by atoms with Gasteiger partial charge in [0.15, 0.2) is 11.5 Å². The number of ether oxygens (including phenoxy) is 2. The molecule has 1 aromatic heterocycles. The number of benzene rings is 2. The maximum Gasteiger partial charge on any atom is 0.231 e. The first-order valence-corrected chi connectivity index (χ1v) is 8.33. The van der Waals surface area contributed by atoms with Crippen LogP contribution in [0.25, 0.3) is 11.1 Å². The number of aliphatic hydroxyl groups is 1. The molecule has 1 atom stereocenters. The summed E-state index contributed by atoms with van der Waals surface area (Å²) in [4.78, 5) is 4.38. The summed E-state index contributed by atoms with van der Waals surface area (Å²) in [7, 11) is 0. The summed E-state index contributed by atoms with van der Waals surface area (Å²) in [5, 5.41) is 9.78. The third-order valence-corrected chi connectivity index (χ3v) is 4.47. The van der Waals surface area contributed by atoms with Crippen molar-refractivity contribution in [2.75, 3.05) is 13.4 Å². The molecule has 25 heavy (non-hydrogen) atoms. The third kappa shape index (κ3) is 3.35. The zero-order valence-corrected chi connectivity index (χ0v) is 13.8. The quantitative estimate of drug-likeness (QED) is 0.772. The largest absolute Gasteiger partial charge is 0.454 e. The van der Waals surface area contributed by atoms with Gasteiger partial charge in [-0.1, -0.05) is 36.4 Å². The smallest absolute Gasteiger partial charge is 0.231 e. The summed E-state index contributed by atoms with van der Waals surface area (Å²) in [5.74, 6) is 1.60. The number of pyridine rings is 1. The summed E-state index contributed by atoms with van der Waals surface area (Å²) < 4.78 is 10.8. The van der Waals surface area contributed by atoms with Crippen LogP contribution in [0.3, 0.4) is 0 Å². The molecule has 0 radical (unpaired) electrons.